The van der Waals surface area contributed by atoms with Crippen molar-refractivity contribution in [1.82, 2.24) is 5.32 Å². The number of amides is 1. The first kappa shape index (κ1) is 22.9. The number of carboxylic acids is 1. The van der Waals surface area contributed by atoms with Crippen molar-refractivity contribution >= 4 is 29.6 Å². The standard InChI is InChI=1S/C23H15ClF3NO4/c24-20-17(23(25,26)27)7-4-8-19(20)32-16-11-9-14(10-12-16)13-18(22(30)31)28-21(29)15-5-2-1-3-6-15/h1-13H,(H,28,29)(H,30,31)/b18-13-. The van der Waals surface area contributed by atoms with Gasteiger partial charge in [0.2, 0.25) is 0 Å². The molecule has 0 aliphatic carbocycles. The van der Waals surface area contributed by atoms with Crippen LogP contribution in [-0.4, -0.2) is 17.0 Å². The first-order valence-corrected chi connectivity index (χ1v) is 9.48. The van der Waals surface area contributed by atoms with Crippen molar-refractivity contribution in [3.63, 3.8) is 0 Å². The molecular weight excluding hydrogens is 447 g/mol. The zero-order chi connectivity index (χ0) is 23.3. The van der Waals surface area contributed by atoms with Gasteiger partial charge in [-0.25, -0.2) is 4.79 Å². The summed E-state index contributed by atoms with van der Waals surface area (Å²) in [6, 6.07) is 17.2. The highest BCUT2D eigenvalue weighted by atomic mass is 35.5. The molecular formula is C23H15ClF3NO4. The highest BCUT2D eigenvalue weighted by Crippen LogP contribution is 2.40. The van der Waals surface area contributed by atoms with Gasteiger partial charge in [-0.15, -0.1) is 0 Å². The highest BCUT2D eigenvalue weighted by molar-refractivity contribution is 6.32. The fraction of sp³-hybridized carbons (Fsp3) is 0.0435. The van der Waals surface area contributed by atoms with Crippen LogP contribution in [0.15, 0.2) is 78.5 Å². The molecule has 5 nitrogen and oxygen atoms in total. The van der Waals surface area contributed by atoms with Gasteiger partial charge in [0.05, 0.1) is 10.6 Å². The van der Waals surface area contributed by atoms with E-state index in [4.69, 9.17) is 16.3 Å². The van der Waals surface area contributed by atoms with E-state index in [1.807, 2.05) is 0 Å². The van der Waals surface area contributed by atoms with Crippen LogP contribution in [0.4, 0.5) is 13.2 Å². The molecule has 0 radical (unpaired) electrons. The molecule has 0 aliphatic rings. The minimum Gasteiger partial charge on any atom is -0.477 e. The maximum atomic E-state index is 13.0. The molecule has 3 aromatic rings. The SMILES string of the molecule is O=C(O)/C(=C/c1ccc(Oc2cccc(C(F)(F)F)c2Cl)cc1)NC(=O)c1ccccc1. The van der Waals surface area contributed by atoms with Crippen LogP contribution in [0.5, 0.6) is 11.5 Å². The Morgan fingerprint density at radius 2 is 1.59 bits per heavy atom. The Hall–Kier alpha value is -3.78. The molecule has 0 aliphatic heterocycles. The molecule has 3 aromatic carbocycles. The molecule has 0 fully saturated rings. The Morgan fingerprint density at radius 3 is 2.19 bits per heavy atom. The van der Waals surface area contributed by atoms with Gasteiger partial charge in [-0.1, -0.05) is 48.0 Å². The van der Waals surface area contributed by atoms with Gasteiger partial charge in [-0.2, -0.15) is 13.2 Å². The highest BCUT2D eigenvalue weighted by Gasteiger charge is 2.34. The molecule has 164 valence electrons. The molecule has 0 aromatic heterocycles. The van der Waals surface area contributed by atoms with Crippen molar-refractivity contribution in [2.24, 2.45) is 0 Å². The lowest BCUT2D eigenvalue weighted by Gasteiger charge is -2.13. The van der Waals surface area contributed by atoms with Crippen LogP contribution >= 0.6 is 11.6 Å². The number of alkyl halides is 3. The summed E-state index contributed by atoms with van der Waals surface area (Å²) in [6.45, 7) is 0. The number of carbonyl (C=O) groups excluding carboxylic acids is 1. The molecule has 2 N–H and O–H groups in total. The number of aliphatic carboxylic acids is 1. The van der Waals surface area contributed by atoms with E-state index < -0.39 is 28.6 Å². The number of hydrogen-bond acceptors (Lipinski definition) is 3. The number of carbonyl (C=O) groups is 2. The molecule has 9 heteroatoms. The second-order valence-electron chi connectivity index (χ2n) is 6.47. The summed E-state index contributed by atoms with van der Waals surface area (Å²) in [4.78, 5) is 23.7. The largest absolute Gasteiger partial charge is 0.477 e. The number of hydrogen-bond donors (Lipinski definition) is 2. The normalized spacial score (nSPS) is 11.7. The summed E-state index contributed by atoms with van der Waals surface area (Å²) in [5, 5.41) is 11.1. The zero-order valence-electron chi connectivity index (χ0n) is 16.2. The molecule has 32 heavy (non-hydrogen) atoms. The third-order valence-electron chi connectivity index (χ3n) is 4.20. The van der Waals surface area contributed by atoms with Crippen LogP contribution in [0, 0.1) is 0 Å². The number of benzene rings is 3. The van der Waals surface area contributed by atoms with Crippen molar-refractivity contribution in [1.29, 1.82) is 0 Å². The number of carboxylic acid groups (broad SMARTS) is 1. The van der Waals surface area contributed by atoms with Crippen LogP contribution < -0.4 is 10.1 Å². The Morgan fingerprint density at radius 1 is 0.938 bits per heavy atom. The van der Waals surface area contributed by atoms with Crippen LogP contribution in [-0.2, 0) is 11.0 Å². The Labute approximate surface area is 185 Å². The third kappa shape index (κ3) is 5.67. The monoisotopic (exact) mass is 461 g/mol. The Balaban J connectivity index is 1.78. The third-order valence-corrected chi connectivity index (χ3v) is 4.59. The first-order chi connectivity index (χ1) is 15.1. The molecule has 0 heterocycles. The van der Waals surface area contributed by atoms with E-state index in [9.17, 15) is 27.9 Å². The van der Waals surface area contributed by atoms with Crippen LogP contribution in [0.2, 0.25) is 5.02 Å². The van der Waals surface area contributed by atoms with E-state index in [1.54, 1.807) is 30.3 Å². The lowest BCUT2D eigenvalue weighted by atomic mass is 10.1. The smallest absolute Gasteiger partial charge is 0.417 e. The van der Waals surface area contributed by atoms with Crippen molar-refractivity contribution in [2.45, 2.75) is 6.18 Å². The zero-order valence-corrected chi connectivity index (χ0v) is 16.9. The predicted octanol–water partition coefficient (Wildman–Crippen LogP) is 6.01. The summed E-state index contributed by atoms with van der Waals surface area (Å²) in [6.07, 6.45) is -3.38. The maximum Gasteiger partial charge on any atom is 0.417 e. The quantitative estimate of drug-likeness (QED) is 0.441. The second kappa shape index (κ2) is 9.57. The van der Waals surface area contributed by atoms with Gasteiger partial charge in [-0.05, 0) is 48.0 Å². The topological polar surface area (TPSA) is 75.6 Å². The molecule has 1 amide bonds. The van der Waals surface area contributed by atoms with Gasteiger partial charge < -0.3 is 15.2 Å². The van der Waals surface area contributed by atoms with E-state index in [2.05, 4.69) is 5.32 Å². The second-order valence-corrected chi connectivity index (χ2v) is 6.85. The minimum absolute atomic E-state index is 0.175. The van der Waals surface area contributed by atoms with E-state index in [0.717, 1.165) is 6.07 Å². The average molecular weight is 462 g/mol. The number of ether oxygens (including phenoxy) is 1. The van der Waals surface area contributed by atoms with Crippen molar-refractivity contribution < 1.29 is 32.6 Å². The van der Waals surface area contributed by atoms with Gasteiger partial charge >= 0.3 is 12.1 Å². The lowest BCUT2D eigenvalue weighted by Crippen LogP contribution is -2.27. The molecule has 0 saturated carbocycles. The molecule has 0 atom stereocenters. The fourth-order valence-corrected chi connectivity index (χ4v) is 2.94. The van der Waals surface area contributed by atoms with Crippen LogP contribution in [0.1, 0.15) is 21.5 Å². The van der Waals surface area contributed by atoms with E-state index in [-0.39, 0.29) is 17.2 Å². The van der Waals surface area contributed by atoms with Crippen molar-refractivity contribution in [3.8, 4) is 11.5 Å². The fourth-order valence-electron chi connectivity index (χ4n) is 2.67. The molecule has 0 bridgehead atoms. The van der Waals surface area contributed by atoms with Crippen molar-refractivity contribution in [2.75, 3.05) is 0 Å². The average Bonchev–Trinajstić information content (AvgIpc) is 2.75. The van der Waals surface area contributed by atoms with E-state index >= 15 is 0 Å². The summed E-state index contributed by atoms with van der Waals surface area (Å²) in [5.41, 5.74) is -0.662. The summed E-state index contributed by atoms with van der Waals surface area (Å²) < 4.78 is 44.4. The van der Waals surface area contributed by atoms with Crippen LogP contribution in [0.25, 0.3) is 6.08 Å². The molecule has 3 rings (SSSR count). The van der Waals surface area contributed by atoms with E-state index in [1.165, 1.54) is 42.5 Å². The number of rotatable bonds is 6. The molecule has 0 saturated heterocycles. The summed E-state index contributed by atoms with van der Waals surface area (Å²) >= 11 is 5.82. The van der Waals surface area contributed by atoms with E-state index in [0.29, 0.717) is 11.1 Å². The predicted molar refractivity (Wildman–Crippen MR) is 112 cm³/mol. The van der Waals surface area contributed by atoms with Gasteiger partial charge in [0.25, 0.3) is 5.91 Å². The lowest BCUT2D eigenvalue weighted by molar-refractivity contribution is -0.137. The summed E-state index contributed by atoms with van der Waals surface area (Å²) in [5.74, 6) is -1.91. The van der Waals surface area contributed by atoms with Crippen molar-refractivity contribution in [3.05, 3.63) is 100 Å². The Kier molecular flexibility index (Phi) is 6.85. The van der Waals surface area contributed by atoms with Gasteiger partial charge in [0.15, 0.2) is 0 Å². The first-order valence-electron chi connectivity index (χ1n) is 9.10. The maximum absolute atomic E-state index is 13.0. The van der Waals surface area contributed by atoms with Crippen LogP contribution in [0.3, 0.4) is 0 Å². The number of halogens is 4. The van der Waals surface area contributed by atoms with Gasteiger partial charge in [0, 0.05) is 5.56 Å². The molecule has 0 unspecified atom stereocenters. The minimum atomic E-state index is -4.62. The molecule has 0 spiro atoms. The summed E-state index contributed by atoms with van der Waals surface area (Å²) in [7, 11) is 0. The number of nitrogens with one attached hydrogen (secondary N) is 1. The van der Waals surface area contributed by atoms with Gasteiger partial charge in [0.1, 0.15) is 17.2 Å². The Bertz CT molecular complexity index is 1160. The van der Waals surface area contributed by atoms with Gasteiger partial charge in [-0.3, -0.25) is 4.79 Å².